The van der Waals surface area contributed by atoms with E-state index in [0.717, 1.165) is 16.7 Å². The van der Waals surface area contributed by atoms with Crippen molar-refractivity contribution in [1.29, 1.82) is 0 Å². The quantitative estimate of drug-likeness (QED) is 0.828. The van der Waals surface area contributed by atoms with Gasteiger partial charge in [0.25, 0.3) is 5.91 Å². The molecule has 0 fully saturated rings. The molecule has 2 aromatic carbocycles. The normalized spacial score (nSPS) is 10.5. The Morgan fingerprint density at radius 2 is 1.69 bits per heavy atom. The van der Waals surface area contributed by atoms with Crippen LogP contribution < -0.4 is 5.32 Å². The van der Waals surface area contributed by atoms with Crippen LogP contribution in [0.4, 0.5) is 4.39 Å². The molecule has 0 atom stereocenters. The number of nitrogens with zero attached hydrogens (tertiary/aromatic N) is 1. The Bertz CT molecular complexity index is 772. The molecule has 0 aliphatic rings. The van der Waals surface area contributed by atoms with Crippen LogP contribution in [-0.2, 0) is 11.2 Å². The van der Waals surface area contributed by atoms with Crippen LogP contribution >= 0.6 is 0 Å². The topological polar surface area (TPSA) is 49.4 Å². The summed E-state index contributed by atoms with van der Waals surface area (Å²) in [5.41, 5.74) is 3.80. The number of hydrogen-bond donors (Lipinski definition) is 1. The molecule has 0 aliphatic heterocycles. The Labute approximate surface area is 154 Å². The lowest BCUT2D eigenvalue weighted by molar-refractivity contribution is -0.128. The molecule has 2 aromatic rings. The van der Waals surface area contributed by atoms with E-state index >= 15 is 0 Å². The zero-order valence-electron chi connectivity index (χ0n) is 15.5. The molecule has 138 valence electrons. The number of halogens is 1. The van der Waals surface area contributed by atoms with Crippen LogP contribution in [-0.4, -0.2) is 36.3 Å². The standard InChI is InChI=1S/C21H25FN2O2/c1-15-4-7-19(14-16(15)2)21(26)23-11-13-24(17(3)25)12-10-18-5-8-20(22)9-6-18/h4-9,14H,10-13H2,1-3H3,(H,23,26). The second-order valence-corrected chi connectivity index (χ2v) is 6.44. The number of nitrogens with one attached hydrogen (secondary N) is 1. The van der Waals surface area contributed by atoms with Gasteiger partial charge in [0, 0.05) is 32.1 Å². The first-order valence-electron chi connectivity index (χ1n) is 8.72. The van der Waals surface area contributed by atoms with Crippen molar-refractivity contribution in [2.75, 3.05) is 19.6 Å². The number of benzene rings is 2. The average Bonchev–Trinajstić information content (AvgIpc) is 2.61. The highest BCUT2D eigenvalue weighted by Crippen LogP contribution is 2.09. The Kier molecular flexibility index (Phi) is 6.89. The zero-order valence-corrected chi connectivity index (χ0v) is 15.5. The predicted octanol–water partition coefficient (Wildman–Crippen LogP) is 3.26. The van der Waals surface area contributed by atoms with Gasteiger partial charge in [-0.2, -0.15) is 0 Å². The number of amides is 2. The van der Waals surface area contributed by atoms with E-state index in [-0.39, 0.29) is 17.6 Å². The van der Waals surface area contributed by atoms with Crippen molar-refractivity contribution in [3.63, 3.8) is 0 Å². The van der Waals surface area contributed by atoms with E-state index in [1.54, 1.807) is 23.1 Å². The first-order chi connectivity index (χ1) is 12.4. The van der Waals surface area contributed by atoms with Crippen LogP contribution in [0.2, 0.25) is 0 Å². The van der Waals surface area contributed by atoms with Gasteiger partial charge in [0.15, 0.2) is 0 Å². The summed E-state index contributed by atoms with van der Waals surface area (Å²) < 4.78 is 12.9. The predicted molar refractivity (Wildman–Crippen MR) is 101 cm³/mol. The SMILES string of the molecule is CC(=O)N(CCNC(=O)c1ccc(C)c(C)c1)CCc1ccc(F)cc1. The van der Waals surface area contributed by atoms with E-state index in [1.165, 1.54) is 19.1 Å². The number of hydrogen-bond acceptors (Lipinski definition) is 2. The maximum atomic E-state index is 12.9. The van der Waals surface area contributed by atoms with E-state index in [4.69, 9.17) is 0 Å². The summed E-state index contributed by atoms with van der Waals surface area (Å²) in [6, 6.07) is 11.9. The van der Waals surface area contributed by atoms with Gasteiger partial charge in [-0.05, 0) is 61.2 Å². The van der Waals surface area contributed by atoms with Crippen LogP contribution in [0, 0.1) is 19.7 Å². The molecule has 2 rings (SSSR count). The summed E-state index contributed by atoms with van der Waals surface area (Å²) in [5.74, 6) is -0.464. The summed E-state index contributed by atoms with van der Waals surface area (Å²) in [6.07, 6.45) is 0.644. The molecule has 0 spiro atoms. The Hall–Kier alpha value is -2.69. The van der Waals surface area contributed by atoms with Crippen molar-refractivity contribution in [2.24, 2.45) is 0 Å². The third-order valence-electron chi connectivity index (χ3n) is 4.47. The second kappa shape index (κ2) is 9.13. The number of rotatable bonds is 7. The minimum atomic E-state index is -0.272. The molecule has 0 saturated carbocycles. The third-order valence-corrected chi connectivity index (χ3v) is 4.47. The van der Waals surface area contributed by atoms with E-state index in [1.807, 2.05) is 26.0 Å². The highest BCUT2D eigenvalue weighted by molar-refractivity contribution is 5.94. The summed E-state index contributed by atoms with van der Waals surface area (Å²) in [5, 5.41) is 2.85. The van der Waals surface area contributed by atoms with Crippen LogP contribution in [0.25, 0.3) is 0 Å². The molecular formula is C21H25FN2O2. The van der Waals surface area contributed by atoms with Crippen molar-refractivity contribution in [1.82, 2.24) is 10.2 Å². The van der Waals surface area contributed by atoms with E-state index in [2.05, 4.69) is 5.32 Å². The first kappa shape index (κ1) is 19.6. The van der Waals surface area contributed by atoms with Gasteiger partial charge in [0.05, 0.1) is 0 Å². The summed E-state index contributed by atoms with van der Waals surface area (Å²) in [6.45, 7) is 6.83. The minimum absolute atomic E-state index is 0.0486. The monoisotopic (exact) mass is 356 g/mol. The molecule has 0 aromatic heterocycles. The molecule has 0 radical (unpaired) electrons. The second-order valence-electron chi connectivity index (χ2n) is 6.44. The van der Waals surface area contributed by atoms with Crippen molar-refractivity contribution in [3.8, 4) is 0 Å². The smallest absolute Gasteiger partial charge is 0.251 e. The average molecular weight is 356 g/mol. The van der Waals surface area contributed by atoms with E-state index in [0.29, 0.717) is 31.6 Å². The van der Waals surface area contributed by atoms with Crippen LogP contribution in [0.1, 0.15) is 34.0 Å². The molecule has 2 amide bonds. The fourth-order valence-corrected chi connectivity index (χ4v) is 2.63. The van der Waals surface area contributed by atoms with Crippen LogP contribution in [0.5, 0.6) is 0 Å². The summed E-state index contributed by atoms with van der Waals surface area (Å²) in [7, 11) is 0. The number of carbonyl (C=O) groups excluding carboxylic acids is 2. The fourth-order valence-electron chi connectivity index (χ4n) is 2.63. The van der Waals surface area contributed by atoms with Gasteiger partial charge in [0.1, 0.15) is 5.82 Å². The van der Waals surface area contributed by atoms with E-state index < -0.39 is 0 Å². The molecule has 0 bridgehead atoms. The number of carbonyl (C=O) groups is 2. The highest BCUT2D eigenvalue weighted by atomic mass is 19.1. The molecule has 0 saturated heterocycles. The zero-order chi connectivity index (χ0) is 19.1. The molecule has 4 nitrogen and oxygen atoms in total. The number of aryl methyl sites for hydroxylation is 2. The lowest BCUT2D eigenvalue weighted by Gasteiger charge is -2.21. The fraction of sp³-hybridized carbons (Fsp3) is 0.333. The Balaban J connectivity index is 1.83. The molecule has 1 N–H and O–H groups in total. The highest BCUT2D eigenvalue weighted by Gasteiger charge is 2.11. The van der Waals surface area contributed by atoms with Gasteiger partial charge in [0.2, 0.25) is 5.91 Å². The lowest BCUT2D eigenvalue weighted by atomic mass is 10.1. The van der Waals surface area contributed by atoms with Crippen molar-refractivity contribution in [2.45, 2.75) is 27.2 Å². The summed E-state index contributed by atoms with van der Waals surface area (Å²) >= 11 is 0. The van der Waals surface area contributed by atoms with Crippen LogP contribution in [0.3, 0.4) is 0 Å². The minimum Gasteiger partial charge on any atom is -0.350 e. The molecule has 26 heavy (non-hydrogen) atoms. The largest absolute Gasteiger partial charge is 0.350 e. The van der Waals surface area contributed by atoms with E-state index in [9.17, 15) is 14.0 Å². The molecule has 0 unspecified atom stereocenters. The molecule has 0 heterocycles. The third kappa shape index (κ3) is 5.69. The van der Waals surface area contributed by atoms with Gasteiger partial charge >= 0.3 is 0 Å². The van der Waals surface area contributed by atoms with Crippen molar-refractivity contribution < 1.29 is 14.0 Å². The molecular weight excluding hydrogens is 331 g/mol. The Morgan fingerprint density at radius 1 is 1.00 bits per heavy atom. The van der Waals surface area contributed by atoms with Gasteiger partial charge in [-0.15, -0.1) is 0 Å². The maximum Gasteiger partial charge on any atom is 0.251 e. The van der Waals surface area contributed by atoms with Crippen molar-refractivity contribution >= 4 is 11.8 Å². The molecule has 5 heteroatoms. The van der Waals surface area contributed by atoms with Gasteiger partial charge < -0.3 is 10.2 Å². The van der Waals surface area contributed by atoms with Gasteiger partial charge in [-0.25, -0.2) is 4.39 Å². The van der Waals surface area contributed by atoms with Crippen LogP contribution in [0.15, 0.2) is 42.5 Å². The lowest BCUT2D eigenvalue weighted by Crippen LogP contribution is -2.38. The van der Waals surface area contributed by atoms with Gasteiger partial charge in [-0.1, -0.05) is 18.2 Å². The maximum absolute atomic E-state index is 12.9. The molecule has 0 aliphatic carbocycles. The summed E-state index contributed by atoms with van der Waals surface area (Å²) in [4.78, 5) is 25.7. The van der Waals surface area contributed by atoms with Gasteiger partial charge in [-0.3, -0.25) is 9.59 Å². The van der Waals surface area contributed by atoms with Crippen molar-refractivity contribution in [3.05, 3.63) is 70.5 Å². The Morgan fingerprint density at radius 3 is 2.31 bits per heavy atom. The first-order valence-corrected chi connectivity index (χ1v) is 8.72.